The van der Waals surface area contributed by atoms with Gasteiger partial charge in [-0.1, -0.05) is 26.2 Å². The van der Waals surface area contributed by atoms with Crippen LogP contribution < -0.4 is 10.6 Å². The molecule has 1 aliphatic rings. The number of likely N-dealkylation sites (tertiary alicyclic amines) is 1. The summed E-state index contributed by atoms with van der Waals surface area (Å²) in [5, 5.41) is 6.81. The first-order valence-corrected chi connectivity index (χ1v) is 8.47. The van der Waals surface area contributed by atoms with E-state index in [0.29, 0.717) is 0 Å². The molecule has 1 rings (SSSR count). The summed E-state index contributed by atoms with van der Waals surface area (Å²) in [4.78, 5) is 7.17. The maximum Gasteiger partial charge on any atom is 0.191 e. The molecule has 4 nitrogen and oxygen atoms in total. The molecule has 0 spiro atoms. The number of unbranched alkanes of at least 4 members (excludes halogenated alkanes) is 3. The Morgan fingerprint density at radius 1 is 1.10 bits per heavy atom. The first kappa shape index (κ1) is 21.0. The van der Waals surface area contributed by atoms with Crippen molar-refractivity contribution in [1.29, 1.82) is 0 Å². The lowest BCUT2D eigenvalue weighted by Crippen LogP contribution is -2.38. The third kappa shape index (κ3) is 10.3. The Morgan fingerprint density at radius 3 is 2.43 bits per heavy atom. The van der Waals surface area contributed by atoms with Gasteiger partial charge in [0, 0.05) is 19.6 Å². The van der Waals surface area contributed by atoms with E-state index in [1.165, 1.54) is 51.6 Å². The average molecular weight is 410 g/mol. The van der Waals surface area contributed by atoms with Gasteiger partial charge in [0.05, 0.1) is 0 Å². The van der Waals surface area contributed by atoms with E-state index in [0.717, 1.165) is 31.5 Å². The van der Waals surface area contributed by atoms with Crippen molar-refractivity contribution in [3.63, 3.8) is 0 Å². The van der Waals surface area contributed by atoms with Crippen LogP contribution in [0.15, 0.2) is 4.99 Å². The fourth-order valence-corrected chi connectivity index (χ4v) is 2.57. The lowest BCUT2D eigenvalue weighted by molar-refractivity contribution is 0.223. The van der Waals surface area contributed by atoms with Crippen molar-refractivity contribution >= 4 is 29.9 Å². The molecule has 0 bridgehead atoms. The molecule has 21 heavy (non-hydrogen) atoms. The van der Waals surface area contributed by atoms with E-state index < -0.39 is 0 Å². The highest BCUT2D eigenvalue weighted by Gasteiger charge is 2.16. The number of halogens is 1. The third-order valence-corrected chi connectivity index (χ3v) is 4.01. The maximum absolute atomic E-state index is 4.76. The summed E-state index contributed by atoms with van der Waals surface area (Å²) in [5.41, 5.74) is 0. The van der Waals surface area contributed by atoms with E-state index in [-0.39, 0.29) is 24.0 Å². The van der Waals surface area contributed by atoms with Gasteiger partial charge in [-0.05, 0) is 52.2 Å². The summed E-state index contributed by atoms with van der Waals surface area (Å²) in [6.07, 6.45) is 7.77. The van der Waals surface area contributed by atoms with Gasteiger partial charge < -0.3 is 15.5 Å². The molecule has 5 heteroatoms. The van der Waals surface area contributed by atoms with Crippen LogP contribution in [0.3, 0.4) is 0 Å². The molecule has 0 atom stereocenters. The second kappa shape index (κ2) is 13.6. The predicted octanol–water partition coefficient (Wildman–Crippen LogP) is 3.08. The molecule has 1 fully saturated rings. The van der Waals surface area contributed by atoms with Crippen molar-refractivity contribution in [1.82, 2.24) is 15.5 Å². The van der Waals surface area contributed by atoms with E-state index in [4.69, 9.17) is 4.99 Å². The SMILES string of the molecule is CCCCCCNC(=NCC1CCN(C)CC1)NCC.I. The van der Waals surface area contributed by atoms with Gasteiger partial charge >= 0.3 is 0 Å². The fourth-order valence-electron chi connectivity index (χ4n) is 2.57. The number of rotatable bonds is 8. The number of guanidine groups is 1. The van der Waals surface area contributed by atoms with Gasteiger partial charge in [0.2, 0.25) is 0 Å². The van der Waals surface area contributed by atoms with Gasteiger partial charge in [0.15, 0.2) is 5.96 Å². The summed E-state index contributed by atoms with van der Waals surface area (Å²) in [6.45, 7) is 9.78. The quantitative estimate of drug-likeness (QED) is 0.280. The van der Waals surface area contributed by atoms with Gasteiger partial charge in [-0.15, -0.1) is 24.0 Å². The normalized spacial score (nSPS) is 17.4. The molecule has 0 amide bonds. The van der Waals surface area contributed by atoms with Crippen molar-refractivity contribution in [2.45, 2.75) is 52.4 Å². The van der Waals surface area contributed by atoms with Crippen molar-refractivity contribution in [3.8, 4) is 0 Å². The molecule has 126 valence electrons. The zero-order valence-electron chi connectivity index (χ0n) is 14.2. The molecular weight excluding hydrogens is 375 g/mol. The largest absolute Gasteiger partial charge is 0.357 e. The summed E-state index contributed by atoms with van der Waals surface area (Å²) in [5.74, 6) is 1.77. The van der Waals surface area contributed by atoms with Crippen LogP contribution in [0.4, 0.5) is 0 Å². The molecule has 1 aliphatic heterocycles. The van der Waals surface area contributed by atoms with Crippen LogP contribution in [0.5, 0.6) is 0 Å². The topological polar surface area (TPSA) is 39.7 Å². The minimum atomic E-state index is 0. The highest BCUT2D eigenvalue weighted by Crippen LogP contribution is 2.15. The Hall–Kier alpha value is -0.0400. The van der Waals surface area contributed by atoms with Crippen LogP contribution in [0.1, 0.15) is 52.4 Å². The van der Waals surface area contributed by atoms with Gasteiger partial charge in [-0.25, -0.2) is 0 Å². The first-order chi connectivity index (χ1) is 9.76. The Kier molecular flexibility index (Phi) is 13.6. The number of aliphatic imine (C=N–C) groups is 1. The molecule has 2 N–H and O–H groups in total. The van der Waals surface area contributed by atoms with Crippen LogP contribution in [-0.4, -0.2) is 50.6 Å². The van der Waals surface area contributed by atoms with Crippen molar-refractivity contribution in [3.05, 3.63) is 0 Å². The van der Waals surface area contributed by atoms with Gasteiger partial charge in [-0.2, -0.15) is 0 Å². The number of nitrogens with one attached hydrogen (secondary N) is 2. The van der Waals surface area contributed by atoms with Crippen LogP contribution in [0.25, 0.3) is 0 Å². The van der Waals surface area contributed by atoms with Crippen molar-refractivity contribution in [2.75, 3.05) is 39.8 Å². The molecular formula is C16H35IN4. The van der Waals surface area contributed by atoms with Gasteiger partial charge in [0.25, 0.3) is 0 Å². The zero-order valence-corrected chi connectivity index (χ0v) is 16.5. The summed E-state index contributed by atoms with van der Waals surface area (Å²) >= 11 is 0. The van der Waals surface area contributed by atoms with Crippen LogP contribution in [0.2, 0.25) is 0 Å². The second-order valence-corrected chi connectivity index (χ2v) is 5.95. The Morgan fingerprint density at radius 2 is 1.81 bits per heavy atom. The van der Waals surface area contributed by atoms with Gasteiger partial charge in [-0.3, -0.25) is 4.99 Å². The molecule has 0 aliphatic carbocycles. The molecule has 0 unspecified atom stereocenters. The van der Waals surface area contributed by atoms with E-state index in [1.54, 1.807) is 0 Å². The van der Waals surface area contributed by atoms with Crippen molar-refractivity contribution in [2.24, 2.45) is 10.9 Å². The molecule has 1 saturated heterocycles. The molecule has 0 saturated carbocycles. The Labute approximate surface area is 148 Å². The second-order valence-electron chi connectivity index (χ2n) is 5.95. The summed E-state index contributed by atoms with van der Waals surface area (Å²) < 4.78 is 0. The minimum Gasteiger partial charge on any atom is -0.357 e. The smallest absolute Gasteiger partial charge is 0.191 e. The minimum absolute atomic E-state index is 0. The van der Waals surface area contributed by atoms with E-state index in [2.05, 4.69) is 36.4 Å². The highest BCUT2D eigenvalue weighted by molar-refractivity contribution is 14.0. The lowest BCUT2D eigenvalue weighted by atomic mass is 9.97. The van der Waals surface area contributed by atoms with E-state index >= 15 is 0 Å². The molecule has 0 aromatic heterocycles. The number of nitrogens with zero attached hydrogens (tertiary/aromatic N) is 2. The number of hydrogen-bond acceptors (Lipinski definition) is 2. The third-order valence-electron chi connectivity index (χ3n) is 4.01. The number of piperidine rings is 1. The van der Waals surface area contributed by atoms with Crippen LogP contribution >= 0.6 is 24.0 Å². The summed E-state index contributed by atoms with van der Waals surface area (Å²) in [6, 6.07) is 0. The first-order valence-electron chi connectivity index (χ1n) is 8.47. The fraction of sp³-hybridized carbons (Fsp3) is 0.938. The zero-order chi connectivity index (χ0) is 14.6. The molecule has 0 radical (unpaired) electrons. The average Bonchev–Trinajstić information content (AvgIpc) is 2.46. The van der Waals surface area contributed by atoms with Crippen molar-refractivity contribution < 1.29 is 0 Å². The number of hydrogen-bond donors (Lipinski definition) is 2. The Bertz CT molecular complexity index is 263. The van der Waals surface area contributed by atoms with Crippen LogP contribution in [-0.2, 0) is 0 Å². The Balaban J connectivity index is 0.00000400. The van der Waals surface area contributed by atoms with E-state index in [9.17, 15) is 0 Å². The maximum atomic E-state index is 4.76. The van der Waals surface area contributed by atoms with Gasteiger partial charge in [0.1, 0.15) is 0 Å². The molecule has 0 aromatic rings. The predicted molar refractivity (Wildman–Crippen MR) is 104 cm³/mol. The molecule has 0 aromatic carbocycles. The monoisotopic (exact) mass is 410 g/mol. The lowest BCUT2D eigenvalue weighted by Gasteiger charge is -2.28. The standard InChI is InChI=1S/C16H34N4.HI/c1-4-6-7-8-11-18-16(17-5-2)19-14-15-9-12-20(3)13-10-15;/h15H,4-14H2,1-3H3,(H2,17,18,19);1H. The van der Waals surface area contributed by atoms with Crippen LogP contribution in [0, 0.1) is 5.92 Å². The summed E-state index contributed by atoms with van der Waals surface area (Å²) in [7, 11) is 2.21. The van der Waals surface area contributed by atoms with E-state index in [1.807, 2.05) is 0 Å². The highest BCUT2D eigenvalue weighted by atomic mass is 127. The molecule has 1 heterocycles.